The van der Waals surface area contributed by atoms with Crippen LogP contribution in [0.1, 0.15) is 51.0 Å². The van der Waals surface area contributed by atoms with Gasteiger partial charge in [0.2, 0.25) is 5.91 Å². The van der Waals surface area contributed by atoms with Crippen LogP contribution < -0.4 is 5.32 Å². The molecule has 5 nitrogen and oxygen atoms in total. The third-order valence-corrected chi connectivity index (χ3v) is 5.04. The first kappa shape index (κ1) is 20.2. The molecule has 3 amide bonds. The summed E-state index contributed by atoms with van der Waals surface area (Å²) < 4.78 is 0. The van der Waals surface area contributed by atoms with Crippen LogP contribution in [-0.2, 0) is 9.59 Å². The molecule has 1 aromatic rings. The van der Waals surface area contributed by atoms with Crippen LogP contribution in [0.3, 0.4) is 0 Å². The van der Waals surface area contributed by atoms with Gasteiger partial charge in [0.15, 0.2) is 0 Å². The van der Waals surface area contributed by atoms with E-state index in [0.717, 1.165) is 36.6 Å². The first-order valence-electron chi connectivity index (χ1n) is 9.19. The molecule has 0 atom stereocenters. The first-order chi connectivity index (χ1) is 12.6. The molecule has 1 fully saturated rings. The Labute approximate surface area is 159 Å². The molecular formula is C20H26N2O3S. The Kier molecular flexibility index (Phi) is 8.41. The predicted octanol–water partition coefficient (Wildman–Crippen LogP) is 4.20. The van der Waals surface area contributed by atoms with Crippen molar-refractivity contribution in [1.29, 1.82) is 0 Å². The van der Waals surface area contributed by atoms with E-state index >= 15 is 0 Å². The van der Waals surface area contributed by atoms with Crippen molar-refractivity contribution in [3.63, 3.8) is 0 Å². The van der Waals surface area contributed by atoms with E-state index in [0.29, 0.717) is 17.9 Å². The molecule has 0 spiro atoms. The second-order valence-corrected chi connectivity index (χ2v) is 7.25. The molecule has 1 aromatic carbocycles. The molecule has 0 radical (unpaired) electrons. The number of amides is 3. The highest BCUT2D eigenvalue weighted by atomic mass is 32.2. The average molecular weight is 375 g/mol. The lowest BCUT2D eigenvalue weighted by Gasteiger charge is -2.13. The lowest BCUT2D eigenvalue weighted by atomic mass is 10.1. The number of thioether (sulfide) groups is 1. The summed E-state index contributed by atoms with van der Waals surface area (Å²) in [5, 5.41) is 2.51. The largest absolute Gasteiger partial charge is 0.354 e. The number of hydrogen-bond acceptors (Lipinski definition) is 4. The Morgan fingerprint density at radius 3 is 2.58 bits per heavy atom. The number of imide groups is 1. The molecule has 0 aliphatic carbocycles. The standard InChI is InChI=1S/C20H26N2O3S/c1-2-3-4-5-9-12-18(23)21-13-14-22-19(24)17(26-20(22)25)15-16-10-7-6-8-11-16/h6-8,10-11,15H,2-5,9,12-14H2,1H3,(H,21,23)/b17-15-. The van der Waals surface area contributed by atoms with Crippen LogP contribution in [0.2, 0.25) is 0 Å². The highest BCUT2D eigenvalue weighted by Crippen LogP contribution is 2.31. The van der Waals surface area contributed by atoms with E-state index in [2.05, 4.69) is 12.2 Å². The summed E-state index contributed by atoms with van der Waals surface area (Å²) >= 11 is 0.943. The molecule has 1 aliphatic rings. The van der Waals surface area contributed by atoms with Crippen LogP contribution in [0.15, 0.2) is 35.2 Å². The van der Waals surface area contributed by atoms with Crippen molar-refractivity contribution in [1.82, 2.24) is 10.2 Å². The molecule has 1 N–H and O–H groups in total. The van der Waals surface area contributed by atoms with Gasteiger partial charge in [-0.2, -0.15) is 0 Å². The fourth-order valence-electron chi connectivity index (χ4n) is 2.68. The third-order valence-electron chi connectivity index (χ3n) is 4.14. The molecule has 0 bridgehead atoms. The Hall–Kier alpha value is -2.08. The summed E-state index contributed by atoms with van der Waals surface area (Å²) in [5.41, 5.74) is 0.884. The third kappa shape index (κ3) is 6.33. The van der Waals surface area contributed by atoms with Crippen LogP contribution in [-0.4, -0.2) is 35.0 Å². The van der Waals surface area contributed by atoms with Gasteiger partial charge in [0.05, 0.1) is 4.91 Å². The van der Waals surface area contributed by atoms with Crippen LogP contribution in [0.5, 0.6) is 0 Å². The van der Waals surface area contributed by atoms with Crippen LogP contribution in [0, 0.1) is 0 Å². The van der Waals surface area contributed by atoms with Gasteiger partial charge < -0.3 is 5.32 Å². The normalized spacial score (nSPS) is 15.7. The fourth-order valence-corrected chi connectivity index (χ4v) is 3.54. The number of rotatable bonds is 10. The smallest absolute Gasteiger partial charge is 0.293 e. The zero-order chi connectivity index (χ0) is 18.8. The maximum Gasteiger partial charge on any atom is 0.293 e. The average Bonchev–Trinajstić information content (AvgIpc) is 2.90. The molecule has 6 heteroatoms. The van der Waals surface area contributed by atoms with Crippen molar-refractivity contribution in [2.75, 3.05) is 13.1 Å². The number of unbranched alkanes of at least 4 members (excludes halogenated alkanes) is 4. The molecule has 140 valence electrons. The van der Waals surface area contributed by atoms with Gasteiger partial charge in [-0.15, -0.1) is 0 Å². The first-order valence-corrected chi connectivity index (χ1v) is 10.0. The van der Waals surface area contributed by atoms with Gasteiger partial charge in [0.25, 0.3) is 11.1 Å². The Morgan fingerprint density at radius 1 is 1.12 bits per heavy atom. The van der Waals surface area contributed by atoms with Crippen LogP contribution in [0.4, 0.5) is 4.79 Å². The van der Waals surface area contributed by atoms with E-state index < -0.39 is 0 Å². The molecule has 0 saturated carbocycles. The number of hydrogen-bond donors (Lipinski definition) is 1. The van der Waals surface area contributed by atoms with E-state index in [1.807, 2.05) is 30.3 Å². The van der Waals surface area contributed by atoms with Gasteiger partial charge in [-0.05, 0) is 29.8 Å². The molecule has 26 heavy (non-hydrogen) atoms. The summed E-state index contributed by atoms with van der Waals surface area (Å²) in [4.78, 5) is 37.8. The van der Waals surface area contributed by atoms with Crippen LogP contribution >= 0.6 is 11.8 Å². The minimum Gasteiger partial charge on any atom is -0.354 e. The maximum absolute atomic E-state index is 12.4. The highest BCUT2D eigenvalue weighted by molar-refractivity contribution is 8.18. The quantitative estimate of drug-likeness (QED) is 0.492. The highest BCUT2D eigenvalue weighted by Gasteiger charge is 2.34. The summed E-state index contributed by atoms with van der Waals surface area (Å²) in [6.07, 6.45) is 7.72. The van der Waals surface area contributed by atoms with Crippen molar-refractivity contribution in [3.05, 3.63) is 40.8 Å². The van der Waals surface area contributed by atoms with Gasteiger partial charge in [-0.3, -0.25) is 19.3 Å². The molecule has 0 unspecified atom stereocenters. The van der Waals surface area contributed by atoms with E-state index in [1.165, 1.54) is 17.7 Å². The van der Waals surface area contributed by atoms with Crippen molar-refractivity contribution in [3.8, 4) is 0 Å². The van der Waals surface area contributed by atoms with Gasteiger partial charge in [-0.25, -0.2) is 0 Å². The Bertz CT molecular complexity index is 658. The Balaban J connectivity index is 1.74. The number of nitrogens with zero attached hydrogens (tertiary/aromatic N) is 1. The zero-order valence-corrected chi connectivity index (χ0v) is 16.0. The monoisotopic (exact) mass is 374 g/mol. The second-order valence-electron chi connectivity index (χ2n) is 6.26. The summed E-state index contributed by atoms with van der Waals surface area (Å²) in [6.45, 7) is 2.66. The van der Waals surface area contributed by atoms with Gasteiger partial charge >= 0.3 is 0 Å². The van der Waals surface area contributed by atoms with Gasteiger partial charge in [-0.1, -0.05) is 62.9 Å². The molecule has 2 rings (SSSR count). The van der Waals surface area contributed by atoms with E-state index in [-0.39, 0.29) is 23.6 Å². The van der Waals surface area contributed by atoms with Crippen molar-refractivity contribution in [2.45, 2.75) is 45.4 Å². The minimum atomic E-state index is -0.294. The predicted molar refractivity (Wildman–Crippen MR) is 106 cm³/mol. The molecule has 1 aliphatic heterocycles. The van der Waals surface area contributed by atoms with Crippen molar-refractivity contribution < 1.29 is 14.4 Å². The second kappa shape index (κ2) is 10.8. The molecule has 1 heterocycles. The lowest BCUT2D eigenvalue weighted by molar-refractivity contribution is -0.124. The number of carbonyl (C=O) groups excluding carboxylic acids is 3. The van der Waals surface area contributed by atoms with Crippen LogP contribution in [0.25, 0.3) is 6.08 Å². The number of carbonyl (C=O) groups is 3. The minimum absolute atomic E-state index is 0.0201. The molecule has 1 saturated heterocycles. The number of nitrogens with one attached hydrogen (secondary N) is 1. The molecule has 0 aromatic heterocycles. The summed E-state index contributed by atoms with van der Waals surface area (Å²) in [7, 11) is 0. The SMILES string of the molecule is CCCCCCCC(=O)NCCN1C(=O)S/C(=C\c2ccccc2)C1=O. The maximum atomic E-state index is 12.4. The topological polar surface area (TPSA) is 66.5 Å². The van der Waals surface area contributed by atoms with Crippen molar-refractivity contribution in [2.24, 2.45) is 0 Å². The summed E-state index contributed by atoms with van der Waals surface area (Å²) in [6, 6.07) is 9.43. The fraction of sp³-hybridized carbons (Fsp3) is 0.450. The Morgan fingerprint density at radius 2 is 1.85 bits per heavy atom. The van der Waals surface area contributed by atoms with E-state index in [4.69, 9.17) is 0 Å². The van der Waals surface area contributed by atoms with Gasteiger partial charge in [0.1, 0.15) is 0 Å². The van der Waals surface area contributed by atoms with E-state index in [1.54, 1.807) is 6.08 Å². The number of benzene rings is 1. The van der Waals surface area contributed by atoms with E-state index in [9.17, 15) is 14.4 Å². The van der Waals surface area contributed by atoms with Gasteiger partial charge in [0, 0.05) is 19.5 Å². The lowest BCUT2D eigenvalue weighted by Crippen LogP contribution is -2.37. The molecular weight excluding hydrogens is 348 g/mol. The van der Waals surface area contributed by atoms with Crippen molar-refractivity contribution >= 4 is 34.9 Å². The summed E-state index contributed by atoms with van der Waals surface area (Å²) in [5.74, 6) is -0.314. The zero-order valence-electron chi connectivity index (χ0n) is 15.2.